The molecule has 0 bridgehead atoms. The largest absolute Gasteiger partial charge is 0.486 e. The summed E-state index contributed by atoms with van der Waals surface area (Å²) in [7, 11) is 0. The van der Waals surface area contributed by atoms with Crippen LogP contribution in [0, 0.1) is 11.2 Å². The Morgan fingerprint density at radius 2 is 1.76 bits per heavy atom. The van der Waals surface area contributed by atoms with E-state index in [9.17, 15) is 23.9 Å². The molecule has 2 aromatic carbocycles. The molecule has 0 aliphatic carbocycles. The van der Waals surface area contributed by atoms with Crippen molar-refractivity contribution < 1.29 is 33.4 Å². The van der Waals surface area contributed by atoms with Crippen molar-refractivity contribution in [3.63, 3.8) is 0 Å². The quantitative estimate of drug-likeness (QED) is 0.235. The van der Waals surface area contributed by atoms with Crippen molar-refractivity contribution in [2.45, 2.75) is 33.4 Å². The van der Waals surface area contributed by atoms with Gasteiger partial charge in [0.05, 0.1) is 22.3 Å². The number of rotatable bonds is 6. The van der Waals surface area contributed by atoms with E-state index in [0.717, 1.165) is 11.1 Å². The number of aromatic nitrogens is 1. The summed E-state index contributed by atoms with van der Waals surface area (Å²) in [5, 5.41) is 15.8. The highest BCUT2D eigenvalue weighted by atomic mass is 32.1. The van der Waals surface area contributed by atoms with Crippen molar-refractivity contribution in [2.24, 2.45) is 5.41 Å². The van der Waals surface area contributed by atoms with Crippen molar-refractivity contribution in [3.05, 3.63) is 76.5 Å². The molecule has 4 aromatic rings. The normalized spacial score (nSPS) is 16.7. The Labute approximate surface area is 268 Å². The number of halogens is 1. The number of carbonyl (C=O) groups excluding carboxylic acids is 2. The number of nitrogens with zero attached hydrogens (tertiary/aromatic N) is 3. The summed E-state index contributed by atoms with van der Waals surface area (Å²) < 4.78 is 25.8. The van der Waals surface area contributed by atoms with E-state index in [1.807, 2.05) is 32.9 Å². The van der Waals surface area contributed by atoms with Crippen LogP contribution in [0.1, 0.15) is 46.5 Å². The fraction of sp³-hybridized carbons (Fsp3) is 0.333. The topological polar surface area (TPSA) is 133 Å². The van der Waals surface area contributed by atoms with E-state index in [0.29, 0.717) is 71.9 Å². The molecule has 2 aliphatic rings. The minimum absolute atomic E-state index is 0.0787. The summed E-state index contributed by atoms with van der Waals surface area (Å²) >= 11 is 1.20. The van der Waals surface area contributed by atoms with Gasteiger partial charge in [0.15, 0.2) is 11.5 Å². The molecule has 240 valence electrons. The van der Waals surface area contributed by atoms with E-state index >= 15 is 0 Å². The van der Waals surface area contributed by atoms with Crippen LogP contribution in [-0.2, 0) is 6.54 Å². The maximum atomic E-state index is 14.7. The lowest BCUT2D eigenvalue weighted by Crippen LogP contribution is -2.59. The number of thiophene rings is 1. The first kappa shape index (κ1) is 31.2. The number of anilines is 2. The predicted octanol–water partition coefficient (Wildman–Crippen LogP) is 5.92. The molecule has 3 N–H and O–H groups in total. The summed E-state index contributed by atoms with van der Waals surface area (Å²) in [4.78, 5) is 47.3. The van der Waals surface area contributed by atoms with Crippen LogP contribution in [0.2, 0.25) is 0 Å². The van der Waals surface area contributed by atoms with E-state index in [1.165, 1.54) is 34.4 Å². The lowest BCUT2D eigenvalue weighted by atomic mass is 9.84. The Morgan fingerprint density at radius 1 is 0.978 bits per heavy atom. The van der Waals surface area contributed by atoms with Gasteiger partial charge in [-0.3, -0.25) is 14.5 Å². The number of carbonyl (C=O) groups is 3. The molecule has 1 unspecified atom stereocenters. The number of carboxylic acid groups (broad SMARTS) is 1. The Kier molecular flexibility index (Phi) is 8.53. The van der Waals surface area contributed by atoms with Crippen LogP contribution >= 0.6 is 11.3 Å². The zero-order chi connectivity index (χ0) is 32.6. The van der Waals surface area contributed by atoms with Crippen LogP contribution in [0.25, 0.3) is 10.2 Å². The Bertz CT molecular complexity index is 1820. The Hall–Kier alpha value is -4.75. The van der Waals surface area contributed by atoms with Crippen LogP contribution < -0.4 is 20.1 Å². The van der Waals surface area contributed by atoms with Crippen LogP contribution in [0.5, 0.6) is 11.5 Å². The molecule has 4 heterocycles. The molecular formula is C33H34FN5O6S. The smallest absolute Gasteiger partial charge is 0.407 e. The fourth-order valence-corrected chi connectivity index (χ4v) is 6.55. The first-order valence-corrected chi connectivity index (χ1v) is 15.7. The molecule has 1 atom stereocenters. The molecule has 1 saturated heterocycles. The van der Waals surface area contributed by atoms with E-state index in [1.54, 1.807) is 24.3 Å². The summed E-state index contributed by atoms with van der Waals surface area (Å²) in [5.74, 6) is -0.540. The number of amides is 3. The predicted molar refractivity (Wildman–Crippen MR) is 173 cm³/mol. The first-order chi connectivity index (χ1) is 21.9. The monoisotopic (exact) mass is 647 g/mol. The molecular weight excluding hydrogens is 613 g/mol. The third-order valence-electron chi connectivity index (χ3n) is 8.04. The van der Waals surface area contributed by atoms with Gasteiger partial charge in [0, 0.05) is 42.8 Å². The molecule has 3 amide bonds. The van der Waals surface area contributed by atoms with Crippen LogP contribution in [-0.4, -0.2) is 76.7 Å². The highest BCUT2D eigenvalue weighted by Crippen LogP contribution is 2.32. The maximum absolute atomic E-state index is 14.7. The molecule has 0 radical (unpaired) electrons. The van der Waals surface area contributed by atoms with Gasteiger partial charge in [0.1, 0.15) is 23.9 Å². The van der Waals surface area contributed by atoms with Gasteiger partial charge in [-0.1, -0.05) is 26.8 Å². The molecule has 46 heavy (non-hydrogen) atoms. The number of benzene rings is 2. The van der Waals surface area contributed by atoms with Gasteiger partial charge < -0.3 is 30.1 Å². The average molecular weight is 648 g/mol. The van der Waals surface area contributed by atoms with Gasteiger partial charge in [-0.25, -0.2) is 14.2 Å². The highest BCUT2D eigenvalue weighted by molar-refractivity contribution is 7.20. The van der Waals surface area contributed by atoms with Crippen molar-refractivity contribution in [3.8, 4) is 11.5 Å². The van der Waals surface area contributed by atoms with Gasteiger partial charge >= 0.3 is 6.09 Å². The molecule has 0 spiro atoms. The molecule has 11 nitrogen and oxygen atoms in total. The highest BCUT2D eigenvalue weighted by Gasteiger charge is 2.38. The van der Waals surface area contributed by atoms with Gasteiger partial charge in [0.25, 0.3) is 11.8 Å². The van der Waals surface area contributed by atoms with Crippen LogP contribution in [0.15, 0.2) is 54.6 Å². The average Bonchev–Trinajstić information content (AvgIpc) is 3.46. The van der Waals surface area contributed by atoms with Crippen molar-refractivity contribution >= 4 is 50.8 Å². The second-order valence-corrected chi connectivity index (χ2v) is 13.4. The van der Waals surface area contributed by atoms with Crippen molar-refractivity contribution in [1.82, 2.24) is 14.8 Å². The fourth-order valence-electron chi connectivity index (χ4n) is 5.61. The molecule has 0 saturated carbocycles. The molecule has 2 aromatic heterocycles. The summed E-state index contributed by atoms with van der Waals surface area (Å²) in [6, 6.07) is 14.2. The summed E-state index contributed by atoms with van der Waals surface area (Å²) in [5.41, 5.74) is 1.15. The van der Waals surface area contributed by atoms with Gasteiger partial charge in [-0.15, -0.1) is 11.3 Å². The lowest BCUT2D eigenvalue weighted by molar-refractivity contribution is 0.0186. The number of nitrogens with one attached hydrogen (secondary N) is 2. The molecule has 6 rings (SSSR count). The number of fused-ring (bicyclic) bond motifs is 2. The maximum Gasteiger partial charge on any atom is 0.407 e. The standard InChI is InChI=1S/C33H34FN5O6S/c1-33(2,3)28-18-38(10-11-39(28)32(42)43)17-22-6-4-20-15-27(46-31(20)36-22)30(41)37-24-16-21(7-8-23(24)34)35-29(40)19-5-9-25-26(14-19)45-13-12-44-25/h4-9,14-16,28H,10-13,17-18H2,1-3H3,(H,35,40)(H,37,41)(H,42,43). The second kappa shape index (κ2) is 12.6. The van der Waals surface area contributed by atoms with E-state index < -0.39 is 23.7 Å². The van der Waals surface area contributed by atoms with Crippen molar-refractivity contribution in [1.29, 1.82) is 0 Å². The zero-order valence-corrected chi connectivity index (χ0v) is 26.4. The number of pyridine rings is 1. The van der Waals surface area contributed by atoms with Crippen molar-refractivity contribution in [2.75, 3.05) is 43.5 Å². The zero-order valence-electron chi connectivity index (χ0n) is 25.6. The number of hydrogen-bond donors (Lipinski definition) is 3. The second-order valence-electron chi connectivity index (χ2n) is 12.4. The SMILES string of the molecule is CC(C)(C)C1CN(Cc2ccc3cc(C(=O)Nc4cc(NC(=O)c5ccc6c(c5)OCCO6)ccc4F)sc3n2)CCN1C(=O)O. The number of ether oxygens (including phenoxy) is 2. The van der Waals surface area contributed by atoms with Gasteiger partial charge in [-0.05, 0) is 53.9 Å². The number of piperazine rings is 1. The van der Waals surface area contributed by atoms with E-state index in [4.69, 9.17) is 14.5 Å². The van der Waals surface area contributed by atoms with Gasteiger partial charge in [-0.2, -0.15) is 0 Å². The minimum atomic E-state index is -0.906. The third kappa shape index (κ3) is 6.75. The molecule has 2 aliphatic heterocycles. The van der Waals surface area contributed by atoms with E-state index in [2.05, 4.69) is 15.5 Å². The Balaban J connectivity index is 1.12. The molecule has 1 fully saturated rings. The minimum Gasteiger partial charge on any atom is -0.486 e. The summed E-state index contributed by atoms with van der Waals surface area (Å²) in [6.07, 6.45) is -0.906. The van der Waals surface area contributed by atoms with Gasteiger partial charge in [0.2, 0.25) is 0 Å². The summed E-state index contributed by atoms with van der Waals surface area (Å²) in [6.45, 7) is 9.11. The first-order valence-electron chi connectivity index (χ1n) is 14.9. The Morgan fingerprint density at radius 3 is 2.52 bits per heavy atom. The van der Waals surface area contributed by atoms with Crippen LogP contribution in [0.3, 0.4) is 0 Å². The lowest BCUT2D eigenvalue weighted by Gasteiger charge is -2.45. The van der Waals surface area contributed by atoms with Crippen LogP contribution in [0.4, 0.5) is 20.6 Å². The number of hydrogen-bond acceptors (Lipinski definition) is 8. The third-order valence-corrected chi connectivity index (χ3v) is 9.08. The molecule has 13 heteroatoms. The van der Waals surface area contributed by atoms with E-state index in [-0.39, 0.29) is 17.1 Å².